The molecule has 0 amide bonds. The van der Waals surface area contributed by atoms with Crippen LogP contribution in [0.2, 0.25) is 0 Å². The van der Waals surface area contributed by atoms with Crippen molar-refractivity contribution in [2.45, 2.75) is 13.3 Å². The van der Waals surface area contributed by atoms with E-state index in [9.17, 15) is 0 Å². The lowest BCUT2D eigenvalue weighted by molar-refractivity contribution is 0.920. The lowest BCUT2D eigenvalue weighted by Crippen LogP contribution is -2.25. The van der Waals surface area contributed by atoms with Crippen molar-refractivity contribution in [3.8, 4) is 12.1 Å². The fourth-order valence-corrected chi connectivity index (χ4v) is 1.75. The van der Waals surface area contributed by atoms with Crippen molar-refractivity contribution in [2.24, 2.45) is 0 Å². The Balaban J connectivity index is 2.45. The largest absolute Gasteiger partial charge is 0.354 e. The number of aromatic amines is 1. The monoisotopic (exact) mass is 270 g/mol. The lowest BCUT2D eigenvalue weighted by Gasteiger charge is -2.18. The number of nitrogens with one attached hydrogen (secondary N) is 2. The van der Waals surface area contributed by atoms with Gasteiger partial charge in [0.15, 0.2) is 5.65 Å². The smallest absolute Gasteiger partial charge is 0.226 e. The van der Waals surface area contributed by atoms with E-state index in [1.54, 1.807) is 11.1 Å². The Morgan fingerprint density at radius 3 is 2.70 bits per heavy atom. The SMILES string of the molecule is CCCNc1nc(N(CC#N)CC#N)c2cn[nH]c2n1. The van der Waals surface area contributed by atoms with Crippen molar-refractivity contribution in [1.29, 1.82) is 10.5 Å². The van der Waals surface area contributed by atoms with E-state index in [1.807, 2.05) is 19.1 Å². The van der Waals surface area contributed by atoms with Crippen molar-refractivity contribution in [2.75, 3.05) is 29.9 Å². The first-order valence-electron chi connectivity index (χ1n) is 6.24. The van der Waals surface area contributed by atoms with Crippen LogP contribution in [0.1, 0.15) is 13.3 Å². The topological polar surface area (TPSA) is 117 Å². The number of H-pyrrole nitrogens is 1. The number of hydrogen-bond donors (Lipinski definition) is 2. The minimum atomic E-state index is 0.0814. The molecule has 102 valence electrons. The minimum absolute atomic E-state index is 0.0814. The second-order valence-electron chi connectivity index (χ2n) is 4.10. The third-order valence-electron chi connectivity index (χ3n) is 2.65. The molecule has 8 heteroatoms. The highest BCUT2D eigenvalue weighted by atomic mass is 15.3. The zero-order valence-corrected chi connectivity index (χ0v) is 11.1. The molecule has 2 rings (SSSR count). The molecule has 0 unspecified atom stereocenters. The van der Waals surface area contributed by atoms with Gasteiger partial charge in [-0.25, -0.2) is 0 Å². The molecule has 20 heavy (non-hydrogen) atoms. The van der Waals surface area contributed by atoms with E-state index in [1.165, 1.54) is 0 Å². The molecule has 0 radical (unpaired) electrons. The highest BCUT2D eigenvalue weighted by molar-refractivity contribution is 5.87. The van der Waals surface area contributed by atoms with E-state index >= 15 is 0 Å². The summed E-state index contributed by atoms with van der Waals surface area (Å²) in [5.41, 5.74) is 0.578. The van der Waals surface area contributed by atoms with Crippen LogP contribution in [0.4, 0.5) is 11.8 Å². The normalized spacial score (nSPS) is 9.95. The van der Waals surface area contributed by atoms with E-state index in [2.05, 4.69) is 25.5 Å². The van der Waals surface area contributed by atoms with Gasteiger partial charge in [0.2, 0.25) is 5.95 Å². The number of fused-ring (bicyclic) bond motifs is 1. The van der Waals surface area contributed by atoms with Crippen LogP contribution in [-0.2, 0) is 0 Å². The Hall–Kier alpha value is -2.87. The number of hydrogen-bond acceptors (Lipinski definition) is 7. The Morgan fingerprint density at radius 2 is 2.05 bits per heavy atom. The van der Waals surface area contributed by atoms with Crippen LogP contribution in [0.5, 0.6) is 0 Å². The van der Waals surface area contributed by atoms with Crippen LogP contribution in [0.15, 0.2) is 6.20 Å². The average molecular weight is 270 g/mol. The van der Waals surface area contributed by atoms with Gasteiger partial charge in [-0.1, -0.05) is 6.92 Å². The second kappa shape index (κ2) is 6.34. The van der Waals surface area contributed by atoms with E-state index in [-0.39, 0.29) is 13.1 Å². The number of anilines is 2. The number of aromatic nitrogens is 4. The maximum Gasteiger partial charge on any atom is 0.226 e. The summed E-state index contributed by atoms with van der Waals surface area (Å²) in [5.74, 6) is 0.991. The maximum atomic E-state index is 8.87. The van der Waals surface area contributed by atoms with Gasteiger partial charge < -0.3 is 10.2 Å². The zero-order chi connectivity index (χ0) is 14.4. The van der Waals surface area contributed by atoms with E-state index < -0.39 is 0 Å². The first-order chi connectivity index (χ1) is 9.80. The molecule has 2 aromatic heterocycles. The van der Waals surface area contributed by atoms with Gasteiger partial charge in [0, 0.05) is 6.54 Å². The molecule has 2 aromatic rings. The minimum Gasteiger partial charge on any atom is -0.354 e. The van der Waals surface area contributed by atoms with Crippen LogP contribution in [-0.4, -0.2) is 39.8 Å². The summed E-state index contributed by atoms with van der Waals surface area (Å²) in [5, 5.41) is 28.3. The van der Waals surface area contributed by atoms with Crippen molar-refractivity contribution in [3.63, 3.8) is 0 Å². The fraction of sp³-hybridized carbons (Fsp3) is 0.417. The van der Waals surface area contributed by atoms with Crippen molar-refractivity contribution < 1.29 is 0 Å². The van der Waals surface area contributed by atoms with Gasteiger partial charge in [-0.2, -0.15) is 25.6 Å². The predicted octanol–water partition coefficient (Wildman–Crippen LogP) is 1.03. The highest BCUT2D eigenvalue weighted by Crippen LogP contribution is 2.23. The Bertz CT molecular complexity index is 646. The van der Waals surface area contributed by atoms with Gasteiger partial charge in [-0.3, -0.25) is 5.10 Å². The summed E-state index contributed by atoms with van der Waals surface area (Å²) in [6.07, 6.45) is 2.54. The van der Waals surface area contributed by atoms with Crippen LogP contribution >= 0.6 is 0 Å². The Kier molecular flexibility index (Phi) is 4.30. The third kappa shape index (κ3) is 2.75. The van der Waals surface area contributed by atoms with Gasteiger partial charge in [-0.15, -0.1) is 0 Å². The van der Waals surface area contributed by atoms with Crippen LogP contribution in [0, 0.1) is 22.7 Å². The number of nitrogens with zero attached hydrogens (tertiary/aromatic N) is 6. The Morgan fingerprint density at radius 1 is 1.30 bits per heavy atom. The average Bonchev–Trinajstić information content (AvgIpc) is 2.92. The van der Waals surface area contributed by atoms with Crippen LogP contribution in [0.3, 0.4) is 0 Å². The summed E-state index contributed by atoms with van der Waals surface area (Å²) >= 11 is 0. The second-order valence-corrected chi connectivity index (χ2v) is 4.10. The molecule has 0 bridgehead atoms. The molecule has 0 spiro atoms. The molecular weight excluding hydrogens is 256 g/mol. The fourth-order valence-electron chi connectivity index (χ4n) is 1.75. The van der Waals surface area contributed by atoms with Crippen LogP contribution < -0.4 is 10.2 Å². The summed E-state index contributed by atoms with van der Waals surface area (Å²) in [6, 6.07) is 4.07. The third-order valence-corrected chi connectivity index (χ3v) is 2.65. The lowest BCUT2D eigenvalue weighted by atomic mass is 10.3. The number of rotatable bonds is 6. The molecule has 0 saturated carbocycles. The molecule has 0 aromatic carbocycles. The van der Waals surface area contributed by atoms with Gasteiger partial charge in [-0.05, 0) is 6.42 Å². The summed E-state index contributed by atoms with van der Waals surface area (Å²) in [7, 11) is 0. The van der Waals surface area contributed by atoms with E-state index in [4.69, 9.17) is 10.5 Å². The van der Waals surface area contributed by atoms with Gasteiger partial charge in [0.05, 0.1) is 23.7 Å². The summed E-state index contributed by atoms with van der Waals surface area (Å²) in [6.45, 7) is 2.95. The molecule has 0 aliphatic carbocycles. The van der Waals surface area contributed by atoms with Gasteiger partial charge in [0.25, 0.3) is 0 Å². The van der Waals surface area contributed by atoms with Crippen molar-refractivity contribution in [3.05, 3.63) is 6.20 Å². The first-order valence-corrected chi connectivity index (χ1v) is 6.24. The number of nitriles is 2. The molecule has 2 N–H and O–H groups in total. The van der Waals surface area contributed by atoms with Crippen LogP contribution in [0.25, 0.3) is 11.0 Å². The first kappa shape index (κ1) is 13.6. The molecule has 0 atom stereocenters. The zero-order valence-electron chi connectivity index (χ0n) is 11.1. The van der Waals surface area contributed by atoms with Gasteiger partial charge >= 0.3 is 0 Å². The molecule has 0 saturated heterocycles. The van der Waals surface area contributed by atoms with E-state index in [0.29, 0.717) is 22.8 Å². The van der Waals surface area contributed by atoms with E-state index in [0.717, 1.165) is 13.0 Å². The molecule has 0 aliphatic heterocycles. The standard InChI is InChI=1S/C12H14N8/c1-2-5-15-12-17-10-9(8-16-19-10)11(18-12)20(6-3-13)7-4-14/h8H,2,5-7H2,1H3,(H2,15,16,17,18,19). The molecule has 0 aliphatic rings. The predicted molar refractivity (Wildman–Crippen MR) is 73.9 cm³/mol. The van der Waals surface area contributed by atoms with Crippen molar-refractivity contribution >= 4 is 22.8 Å². The summed E-state index contributed by atoms with van der Waals surface area (Å²) < 4.78 is 0. The molecule has 0 fully saturated rings. The highest BCUT2D eigenvalue weighted by Gasteiger charge is 2.15. The molecule has 2 heterocycles. The molecular formula is C12H14N8. The van der Waals surface area contributed by atoms with Crippen molar-refractivity contribution in [1.82, 2.24) is 20.2 Å². The van der Waals surface area contributed by atoms with Gasteiger partial charge in [0.1, 0.15) is 18.9 Å². The molecule has 8 nitrogen and oxygen atoms in total. The maximum absolute atomic E-state index is 8.87. The summed E-state index contributed by atoms with van der Waals surface area (Å²) in [4.78, 5) is 10.3. The quantitative estimate of drug-likeness (QED) is 0.752. The Labute approximate surface area is 116 Å².